The van der Waals surface area contributed by atoms with E-state index < -0.39 is 5.54 Å². The van der Waals surface area contributed by atoms with Crippen molar-refractivity contribution in [2.24, 2.45) is 0 Å². The lowest BCUT2D eigenvalue weighted by molar-refractivity contribution is -0.120. The van der Waals surface area contributed by atoms with Crippen LogP contribution in [0.5, 0.6) is 0 Å². The zero-order chi connectivity index (χ0) is 14.3. The summed E-state index contributed by atoms with van der Waals surface area (Å²) in [6, 6.07) is 4.17. The predicted octanol–water partition coefficient (Wildman–Crippen LogP) is 1.71. The predicted molar refractivity (Wildman–Crippen MR) is 79.9 cm³/mol. The number of pyridine rings is 1. The molecule has 0 unspecified atom stereocenters. The number of carbonyl (C=O) groups excluding carboxylic acids is 1. The van der Waals surface area contributed by atoms with E-state index in [1.165, 1.54) is 0 Å². The molecule has 0 atom stereocenters. The molecule has 5 nitrogen and oxygen atoms in total. The van der Waals surface area contributed by atoms with Crippen LogP contribution in [0.4, 0.5) is 11.5 Å². The highest BCUT2D eigenvalue weighted by atomic mass is 16.2. The van der Waals surface area contributed by atoms with Gasteiger partial charge in [0.05, 0.1) is 5.69 Å². The Morgan fingerprint density at radius 1 is 1.35 bits per heavy atom. The van der Waals surface area contributed by atoms with Gasteiger partial charge in [-0.2, -0.15) is 0 Å². The third kappa shape index (κ3) is 2.06. The summed E-state index contributed by atoms with van der Waals surface area (Å²) in [5, 5.41) is 2.97. The van der Waals surface area contributed by atoms with Crippen LogP contribution in [0.15, 0.2) is 18.3 Å². The molecule has 0 bridgehead atoms. The fourth-order valence-electron chi connectivity index (χ4n) is 3.22. The van der Waals surface area contributed by atoms with Crippen LogP contribution >= 0.6 is 0 Å². The number of hydrogen-bond donors (Lipinski definition) is 1. The van der Waals surface area contributed by atoms with Gasteiger partial charge in [-0.15, -0.1) is 0 Å². The van der Waals surface area contributed by atoms with Gasteiger partial charge < -0.3 is 15.1 Å². The molecule has 0 spiro atoms. The maximum absolute atomic E-state index is 12.4. The Kier molecular flexibility index (Phi) is 3.17. The van der Waals surface area contributed by atoms with E-state index in [9.17, 15) is 4.79 Å². The molecule has 0 aromatic carbocycles. The zero-order valence-corrected chi connectivity index (χ0v) is 12.4. The summed E-state index contributed by atoms with van der Waals surface area (Å²) in [7, 11) is 2.15. The monoisotopic (exact) mass is 274 g/mol. The molecule has 3 heterocycles. The first kappa shape index (κ1) is 13.4. The Labute approximate surface area is 120 Å². The van der Waals surface area contributed by atoms with Gasteiger partial charge in [0.2, 0.25) is 5.91 Å². The number of rotatable bonds is 1. The molecule has 1 aromatic heterocycles. The van der Waals surface area contributed by atoms with E-state index in [4.69, 9.17) is 0 Å². The van der Waals surface area contributed by atoms with E-state index >= 15 is 0 Å². The average molecular weight is 274 g/mol. The number of piperidine rings is 1. The maximum atomic E-state index is 12.4. The minimum absolute atomic E-state index is 0.0527. The second kappa shape index (κ2) is 4.74. The van der Waals surface area contributed by atoms with Gasteiger partial charge in [-0.3, -0.25) is 4.79 Å². The number of anilines is 2. The smallest absolute Gasteiger partial charge is 0.249 e. The number of aromatic nitrogens is 1. The summed E-state index contributed by atoms with van der Waals surface area (Å²) < 4.78 is 0. The minimum atomic E-state index is -0.554. The molecule has 108 valence electrons. The van der Waals surface area contributed by atoms with Crippen molar-refractivity contribution in [1.82, 2.24) is 9.88 Å². The second-order valence-corrected chi connectivity index (χ2v) is 6.29. The Morgan fingerprint density at radius 2 is 2.05 bits per heavy atom. The number of nitrogens with one attached hydrogen (secondary N) is 1. The SMILES string of the molecule is CN1CCC(N2c3ncccc3NC(=O)C2(C)C)CC1. The van der Waals surface area contributed by atoms with Crippen molar-refractivity contribution < 1.29 is 4.79 Å². The van der Waals surface area contributed by atoms with Crippen LogP contribution in [0.1, 0.15) is 26.7 Å². The van der Waals surface area contributed by atoms with Gasteiger partial charge in [-0.05, 0) is 59.0 Å². The molecule has 2 aliphatic rings. The largest absolute Gasteiger partial charge is 0.338 e. The number of amides is 1. The molecule has 3 rings (SSSR count). The van der Waals surface area contributed by atoms with Crippen molar-refractivity contribution in [3.63, 3.8) is 0 Å². The first-order valence-corrected chi connectivity index (χ1v) is 7.24. The molecule has 1 amide bonds. The first-order chi connectivity index (χ1) is 9.50. The highest BCUT2D eigenvalue weighted by Gasteiger charge is 2.44. The molecule has 1 N–H and O–H groups in total. The summed E-state index contributed by atoms with van der Waals surface area (Å²) in [5.41, 5.74) is 0.276. The molecular weight excluding hydrogens is 252 g/mol. The summed E-state index contributed by atoms with van der Waals surface area (Å²) in [5.74, 6) is 0.962. The molecular formula is C15H22N4O. The van der Waals surface area contributed by atoms with Crippen molar-refractivity contribution in [3.05, 3.63) is 18.3 Å². The number of nitrogens with zero attached hydrogens (tertiary/aromatic N) is 3. The van der Waals surface area contributed by atoms with Crippen LogP contribution in [0.3, 0.4) is 0 Å². The Balaban J connectivity index is 1.99. The van der Waals surface area contributed by atoms with E-state index in [-0.39, 0.29) is 5.91 Å². The van der Waals surface area contributed by atoms with Gasteiger partial charge >= 0.3 is 0 Å². The summed E-state index contributed by atoms with van der Waals surface area (Å²) in [6.07, 6.45) is 3.95. The van der Waals surface area contributed by atoms with Gasteiger partial charge in [0.15, 0.2) is 5.82 Å². The molecule has 1 fully saturated rings. The van der Waals surface area contributed by atoms with Crippen LogP contribution in [0.2, 0.25) is 0 Å². The molecule has 1 saturated heterocycles. The van der Waals surface area contributed by atoms with Crippen LogP contribution in [-0.4, -0.2) is 47.5 Å². The Hall–Kier alpha value is -1.62. The normalized spacial score (nSPS) is 23.4. The molecule has 2 aliphatic heterocycles. The first-order valence-electron chi connectivity index (χ1n) is 7.24. The lowest BCUT2D eigenvalue weighted by atomic mass is 9.92. The summed E-state index contributed by atoms with van der Waals surface area (Å²) >= 11 is 0. The van der Waals surface area contributed by atoms with E-state index in [0.717, 1.165) is 37.4 Å². The second-order valence-electron chi connectivity index (χ2n) is 6.29. The average Bonchev–Trinajstić information content (AvgIpc) is 2.42. The Morgan fingerprint density at radius 3 is 2.75 bits per heavy atom. The van der Waals surface area contributed by atoms with Gasteiger partial charge in [0.25, 0.3) is 0 Å². The maximum Gasteiger partial charge on any atom is 0.249 e. The van der Waals surface area contributed by atoms with Crippen molar-refractivity contribution in [3.8, 4) is 0 Å². The fourth-order valence-corrected chi connectivity index (χ4v) is 3.22. The molecule has 0 saturated carbocycles. The number of carbonyl (C=O) groups is 1. The highest BCUT2D eigenvalue weighted by molar-refractivity contribution is 6.05. The van der Waals surface area contributed by atoms with Crippen molar-refractivity contribution >= 4 is 17.4 Å². The van der Waals surface area contributed by atoms with Crippen LogP contribution in [0, 0.1) is 0 Å². The molecule has 5 heteroatoms. The third-order valence-electron chi connectivity index (χ3n) is 4.47. The van der Waals surface area contributed by atoms with Gasteiger partial charge in [-0.1, -0.05) is 0 Å². The minimum Gasteiger partial charge on any atom is -0.338 e. The van der Waals surface area contributed by atoms with Gasteiger partial charge in [0.1, 0.15) is 5.54 Å². The molecule has 0 aliphatic carbocycles. The highest BCUT2D eigenvalue weighted by Crippen LogP contribution is 2.38. The molecule has 1 aromatic rings. The van der Waals surface area contributed by atoms with Gasteiger partial charge in [0, 0.05) is 12.2 Å². The van der Waals surface area contributed by atoms with E-state index in [1.54, 1.807) is 6.20 Å². The standard InChI is InChI=1S/C15H22N4O/c1-15(2)14(20)17-12-5-4-8-16-13(12)19(15)11-6-9-18(3)10-7-11/h4-5,8,11H,6-7,9-10H2,1-3H3,(H,17,20). The number of fused-ring (bicyclic) bond motifs is 1. The lowest BCUT2D eigenvalue weighted by Gasteiger charge is -2.49. The number of hydrogen-bond acceptors (Lipinski definition) is 4. The summed E-state index contributed by atoms with van der Waals surface area (Å²) in [6.45, 7) is 6.11. The van der Waals surface area contributed by atoms with Crippen LogP contribution in [0.25, 0.3) is 0 Å². The quantitative estimate of drug-likeness (QED) is 0.847. The van der Waals surface area contributed by atoms with Crippen molar-refractivity contribution in [1.29, 1.82) is 0 Å². The fraction of sp³-hybridized carbons (Fsp3) is 0.600. The van der Waals surface area contributed by atoms with Crippen LogP contribution < -0.4 is 10.2 Å². The Bertz CT molecular complexity index is 520. The van der Waals surface area contributed by atoms with E-state index in [2.05, 4.69) is 27.1 Å². The van der Waals surface area contributed by atoms with E-state index in [0.29, 0.717) is 6.04 Å². The van der Waals surface area contributed by atoms with Gasteiger partial charge in [-0.25, -0.2) is 4.98 Å². The molecule has 0 radical (unpaired) electrons. The van der Waals surface area contributed by atoms with E-state index in [1.807, 2.05) is 26.0 Å². The zero-order valence-electron chi connectivity index (χ0n) is 12.4. The van der Waals surface area contributed by atoms with Crippen LogP contribution in [-0.2, 0) is 4.79 Å². The van der Waals surface area contributed by atoms with Crippen molar-refractivity contribution in [2.75, 3.05) is 30.4 Å². The number of likely N-dealkylation sites (tertiary alicyclic amines) is 1. The topological polar surface area (TPSA) is 48.5 Å². The lowest BCUT2D eigenvalue weighted by Crippen LogP contribution is -2.61. The molecule has 20 heavy (non-hydrogen) atoms. The summed E-state index contributed by atoms with van der Waals surface area (Å²) in [4.78, 5) is 21.5. The van der Waals surface area contributed by atoms with Crippen molar-refractivity contribution in [2.45, 2.75) is 38.3 Å². The third-order valence-corrected chi connectivity index (χ3v) is 4.47.